The van der Waals surface area contributed by atoms with Crippen LogP contribution in [0.5, 0.6) is 17.2 Å². The van der Waals surface area contributed by atoms with Crippen LogP contribution in [0.1, 0.15) is 6.42 Å². The molecule has 1 saturated heterocycles. The molecule has 1 aliphatic heterocycles. The SMILES string of the molecule is COc1cc(N2C[C@H](C(=O)Nc3cccc4ccccc34)CC2=O)cc(OC)c1OC. The number of nitrogens with one attached hydrogen (secondary N) is 1. The van der Waals surface area contributed by atoms with Gasteiger partial charge in [-0.2, -0.15) is 0 Å². The van der Waals surface area contributed by atoms with Gasteiger partial charge in [-0.15, -0.1) is 0 Å². The number of ether oxygens (including phenoxy) is 3. The van der Waals surface area contributed by atoms with Crippen molar-refractivity contribution < 1.29 is 23.8 Å². The molecule has 0 aliphatic carbocycles. The topological polar surface area (TPSA) is 77.1 Å². The van der Waals surface area contributed by atoms with Crippen LogP contribution in [0.2, 0.25) is 0 Å². The van der Waals surface area contributed by atoms with E-state index in [0.29, 0.717) is 22.9 Å². The summed E-state index contributed by atoms with van der Waals surface area (Å²) in [5, 5.41) is 5.00. The van der Waals surface area contributed by atoms with Crippen LogP contribution in [0.15, 0.2) is 54.6 Å². The van der Waals surface area contributed by atoms with E-state index >= 15 is 0 Å². The highest BCUT2D eigenvalue weighted by Crippen LogP contribution is 2.42. The van der Waals surface area contributed by atoms with Crippen molar-refractivity contribution >= 4 is 34.0 Å². The number of nitrogens with zero attached hydrogens (tertiary/aromatic N) is 1. The van der Waals surface area contributed by atoms with Crippen LogP contribution >= 0.6 is 0 Å². The van der Waals surface area contributed by atoms with E-state index in [1.54, 1.807) is 17.0 Å². The predicted molar refractivity (Wildman–Crippen MR) is 119 cm³/mol. The van der Waals surface area contributed by atoms with Crippen LogP contribution in [-0.2, 0) is 9.59 Å². The molecule has 4 rings (SSSR count). The fourth-order valence-electron chi connectivity index (χ4n) is 3.93. The average molecular weight is 420 g/mol. The highest BCUT2D eigenvalue weighted by atomic mass is 16.5. The summed E-state index contributed by atoms with van der Waals surface area (Å²) < 4.78 is 16.1. The molecule has 0 radical (unpaired) electrons. The summed E-state index contributed by atoms with van der Waals surface area (Å²) in [6, 6.07) is 17.0. The van der Waals surface area contributed by atoms with E-state index in [1.807, 2.05) is 42.5 Å². The number of fused-ring (bicyclic) bond motifs is 1. The van der Waals surface area contributed by atoms with E-state index < -0.39 is 5.92 Å². The Morgan fingerprint density at radius 3 is 2.32 bits per heavy atom. The predicted octanol–water partition coefficient (Wildman–Crippen LogP) is 3.86. The summed E-state index contributed by atoms with van der Waals surface area (Å²) in [5.41, 5.74) is 1.33. The summed E-state index contributed by atoms with van der Waals surface area (Å²) in [5.74, 6) is 0.574. The first-order chi connectivity index (χ1) is 15.0. The van der Waals surface area contributed by atoms with Gasteiger partial charge in [-0.05, 0) is 11.5 Å². The van der Waals surface area contributed by atoms with Crippen molar-refractivity contribution in [1.29, 1.82) is 0 Å². The van der Waals surface area contributed by atoms with Gasteiger partial charge in [-0.3, -0.25) is 9.59 Å². The second-order valence-corrected chi connectivity index (χ2v) is 7.30. The number of benzene rings is 3. The largest absolute Gasteiger partial charge is 0.493 e. The van der Waals surface area contributed by atoms with Gasteiger partial charge in [0, 0.05) is 36.2 Å². The molecule has 7 heteroatoms. The standard InChI is InChI=1S/C24H24N2O5/c1-29-20-12-17(13-21(30-2)23(20)31-3)26-14-16(11-22(26)27)24(28)25-19-10-6-8-15-7-4-5-9-18(15)19/h4-10,12-13,16H,11,14H2,1-3H3,(H,25,28)/t16-/m1/s1. The van der Waals surface area contributed by atoms with E-state index in [1.165, 1.54) is 21.3 Å². The molecule has 0 saturated carbocycles. The van der Waals surface area contributed by atoms with E-state index in [4.69, 9.17) is 14.2 Å². The molecule has 2 amide bonds. The molecule has 1 aliphatic rings. The fraction of sp³-hybridized carbons (Fsp3) is 0.250. The number of hydrogen-bond donors (Lipinski definition) is 1. The summed E-state index contributed by atoms with van der Waals surface area (Å²) >= 11 is 0. The monoisotopic (exact) mass is 420 g/mol. The summed E-state index contributed by atoms with van der Waals surface area (Å²) in [6.07, 6.45) is 0.132. The number of amides is 2. The lowest BCUT2D eigenvalue weighted by Crippen LogP contribution is -2.28. The lowest BCUT2D eigenvalue weighted by molar-refractivity contribution is -0.122. The van der Waals surface area contributed by atoms with E-state index in [0.717, 1.165) is 16.5 Å². The maximum absolute atomic E-state index is 13.0. The van der Waals surface area contributed by atoms with Crippen LogP contribution in [0.3, 0.4) is 0 Å². The zero-order valence-electron chi connectivity index (χ0n) is 17.7. The van der Waals surface area contributed by atoms with Crippen molar-refractivity contribution in [2.24, 2.45) is 5.92 Å². The highest BCUT2D eigenvalue weighted by Gasteiger charge is 2.36. The van der Waals surface area contributed by atoms with Crippen molar-refractivity contribution in [2.45, 2.75) is 6.42 Å². The Bertz CT molecular complexity index is 1110. The third-order valence-corrected chi connectivity index (χ3v) is 5.50. The Morgan fingerprint density at radius 1 is 0.968 bits per heavy atom. The van der Waals surface area contributed by atoms with Gasteiger partial charge in [0.15, 0.2) is 11.5 Å². The first kappa shape index (κ1) is 20.5. The zero-order valence-corrected chi connectivity index (χ0v) is 17.7. The van der Waals surface area contributed by atoms with Crippen molar-refractivity contribution in [3.63, 3.8) is 0 Å². The molecule has 3 aromatic carbocycles. The minimum atomic E-state index is -0.467. The van der Waals surface area contributed by atoms with E-state index in [-0.39, 0.29) is 24.8 Å². The average Bonchev–Trinajstić information content (AvgIpc) is 3.20. The van der Waals surface area contributed by atoms with Gasteiger partial charge in [0.25, 0.3) is 0 Å². The van der Waals surface area contributed by atoms with Crippen molar-refractivity contribution in [2.75, 3.05) is 38.1 Å². The van der Waals surface area contributed by atoms with Gasteiger partial charge >= 0.3 is 0 Å². The van der Waals surface area contributed by atoms with Crippen molar-refractivity contribution in [3.8, 4) is 17.2 Å². The van der Waals surface area contributed by atoms with Gasteiger partial charge in [0.2, 0.25) is 17.6 Å². The molecule has 1 heterocycles. The zero-order chi connectivity index (χ0) is 22.0. The Labute approximate surface area is 180 Å². The molecular weight excluding hydrogens is 396 g/mol. The molecule has 0 spiro atoms. The van der Waals surface area contributed by atoms with Crippen LogP contribution in [-0.4, -0.2) is 39.7 Å². The molecule has 1 fully saturated rings. The van der Waals surface area contributed by atoms with Gasteiger partial charge in [-0.25, -0.2) is 0 Å². The molecule has 0 unspecified atom stereocenters. The Balaban J connectivity index is 1.56. The van der Waals surface area contributed by atoms with Crippen molar-refractivity contribution in [1.82, 2.24) is 0 Å². The number of anilines is 2. The lowest BCUT2D eigenvalue weighted by Gasteiger charge is -2.20. The quantitative estimate of drug-likeness (QED) is 0.655. The Hall–Kier alpha value is -3.74. The molecule has 3 aromatic rings. The smallest absolute Gasteiger partial charge is 0.229 e. The number of rotatable bonds is 6. The number of carbonyl (C=O) groups is 2. The molecule has 1 atom stereocenters. The summed E-state index contributed by atoms with van der Waals surface area (Å²) in [6.45, 7) is 0.272. The van der Waals surface area contributed by atoms with E-state index in [9.17, 15) is 9.59 Å². The first-order valence-electron chi connectivity index (χ1n) is 9.94. The van der Waals surface area contributed by atoms with Gasteiger partial charge in [0.1, 0.15) is 0 Å². The normalized spacial score (nSPS) is 15.8. The number of hydrogen-bond acceptors (Lipinski definition) is 5. The molecule has 31 heavy (non-hydrogen) atoms. The second-order valence-electron chi connectivity index (χ2n) is 7.30. The van der Waals surface area contributed by atoms with Crippen LogP contribution in [0.25, 0.3) is 10.8 Å². The second kappa shape index (κ2) is 8.55. The molecule has 0 aromatic heterocycles. The van der Waals surface area contributed by atoms with Gasteiger partial charge in [-0.1, -0.05) is 36.4 Å². The van der Waals surface area contributed by atoms with Crippen LogP contribution < -0.4 is 24.4 Å². The van der Waals surface area contributed by atoms with Crippen molar-refractivity contribution in [3.05, 3.63) is 54.6 Å². The highest BCUT2D eigenvalue weighted by molar-refractivity contribution is 6.07. The molecular formula is C24H24N2O5. The fourth-order valence-corrected chi connectivity index (χ4v) is 3.93. The maximum atomic E-state index is 13.0. The van der Waals surface area contributed by atoms with Gasteiger partial charge < -0.3 is 24.4 Å². The van der Waals surface area contributed by atoms with Gasteiger partial charge in [0.05, 0.1) is 32.9 Å². The minimum absolute atomic E-state index is 0.132. The number of carbonyl (C=O) groups excluding carboxylic acids is 2. The molecule has 1 N–H and O–H groups in total. The first-order valence-corrected chi connectivity index (χ1v) is 9.94. The Morgan fingerprint density at radius 2 is 1.65 bits per heavy atom. The molecule has 160 valence electrons. The van der Waals surface area contributed by atoms with Crippen LogP contribution in [0, 0.1) is 5.92 Å². The number of methoxy groups -OCH3 is 3. The maximum Gasteiger partial charge on any atom is 0.229 e. The summed E-state index contributed by atoms with van der Waals surface area (Å²) in [7, 11) is 4.56. The summed E-state index contributed by atoms with van der Waals surface area (Å²) in [4.78, 5) is 27.3. The molecule has 7 nitrogen and oxygen atoms in total. The Kier molecular flexibility index (Phi) is 5.66. The third-order valence-electron chi connectivity index (χ3n) is 5.50. The minimum Gasteiger partial charge on any atom is -0.493 e. The lowest BCUT2D eigenvalue weighted by atomic mass is 10.1. The van der Waals surface area contributed by atoms with E-state index in [2.05, 4.69) is 5.32 Å². The third kappa shape index (κ3) is 3.86. The van der Waals surface area contributed by atoms with Crippen LogP contribution in [0.4, 0.5) is 11.4 Å². The molecule has 0 bridgehead atoms.